The van der Waals surface area contributed by atoms with Crippen LogP contribution in [0.1, 0.15) is 38.1 Å². The highest BCUT2D eigenvalue weighted by molar-refractivity contribution is 7.10. The second kappa shape index (κ2) is 7.44. The van der Waals surface area contributed by atoms with Gasteiger partial charge in [0.15, 0.2) is 0 Å². The minimum atomic E-state index is -0.445. The maximum atomic E-state index is 12.2. The summed E-state index contributed by atoms with van der Waals surface area (Å²) in [4.78, 5) is 17.7. The van der Waals surface area contributed by atoms with E-state index in [1.807, 2.05) is 25.7 Å². The van der Waals surface area contributed by atoms with Crippen molar-refractivity contribution >= 4 is 17.4 Å². The Kier molecular flexibility index (Phi) is 5.83. The van der Waals surface area contributed by atoms with Crippen LogP contribution in [0.5, 0.6) is 0 Å². The van der Waals surface area contributed by atoms with Crippen LogP contribution in [0.15, 0.2) is 17.5 Å². The molecule has 124 valence electrons. The first-order valence-corrected chi connectivity index (χ1v) is 8.74. The van der Waals surface area contributed by atoms with Gasteiger partial charge in [-0.3, -0.25) is 4.90 Å². The molecule has 0 saturated carbocycles. The highest BCUT2D eigenvalue weighted by Crippen LogP contribution is 2.25. The summed E-state index contributed by atoms with van der Waals surface area (Å²) in [6.45, 7) is 9.53. The van der Waals surface area contributed by atoms with Gasteiger partial charge in [-0.05, 0) is 38.6 Å². The van der Waals surface area contributed by atoms with Gasteiger partial charge in [0.1, 0.15) is 5.60 Å². The summed E-state index contributed by atoms with van der Waals surface area (Å²) in [6, 6.07) is 4.45. The number of nitrogens with two attached hydrogens (primary N) is 1. The maximum absolute atomic E-state index is 12.2. The molecule has 1 unspecified atom stereocenters. The van der Waals surface area contributed by atoms with Crippen LogP contribution in [0, 0.1) is 0 Å². The molecule has 1 fully saturated rings. The number of carbonyl (C=O) groups excluding carboxylic acids is 1. The number of carbonyl (C=O) groups is 1. The second-order valence-corrected chi connectivity index (χ2v) is 7.60. The highest BCUT2D eigenvalue weighted by Gasteiger charge is 2.27. The SMILES string of the molecule is CC(C)(C)OC(=O)N1CCCN(C(CN)c2cccs2)CC1. The van der Waals surface area contributed by atoms with Gasteiger partial charge in [-0.15, -0.1) is 11.3 Å². The number of ether oxygens (including phenoxy) is 1. The summed E-state index contributed by atoms with van der Waals surface area (Å²) in [5.41, 5.74) is 5.54. The lowest BCUT2D eigenvalue weighted by atomic mass is 10.2. The average Bonchev–Trinajstić information content (AvgIpc) is 2.83. The fourth-order valence-electron chi connectivity index (χ4n) is 2.68. The Hall–Kier alpha value is -1.11. The molecule has 1 aliphatic rings. The Balaban J connectivity index is 1.96. The van der Waals surface area contributed by atoms with Crippen molar-refractivity contribution < 1.29 is 9.53 Å². The van der Waals surface area contributed by atoms with Gasteiger partial charge in [0, 0.05) is 37.6 Å². The summed E-state index contributed by atoms with van der Waals surface area (Å²) < 4.78 is 5.47. The van der Waals surface area contributed by atoms with Crippen LogP contribution in [0.2, 0.25) is 0 Å². The van der Waals surface area contributed by atoms with Crippen molar-refractivity contribution in [3.63, 3.8) is 0 Å². The first kappa shape index (κ1) is 17.2. The summed E-state index contributed by atoms with van der Waals surface area (Å²) >= 11 is 1.74. The average molecular weight is 325 g/mol. The number of hydrogen-bond donors (Lipinski definition) is 1. The lowest BCUT2D eigenvalue weighted by Gasteiger charge is -2.29. The van der Waals surface area contributed by atoms with Crippen molar-refractivity contribution in [3.8, 4) is 0 Å². The van der Waals surface area contributed by atoms with E-state index in [0.29, 0.717) is 13.1 Å². The molecule has 0 spiro atoms. The molecule has 0 aromatic carbocycles. The fraction of sp³-hybridized carbons (Fsp3) is 0.688. The molecule has 1 amide bonds. The Bertz CT molecular complexity index is 470. The van der Waals surface area contributed by atoms with Gasteiger partial charge in [-0.2, -0.15) is 0 Å². The van der Waals surface area contributed by atoms with Crippen LogP contribution in [0.25, 0.3) is 0 Å². The molecule has 0 aliphatic carbocycles. The Labute approximate surface area is 137 Å². The molecular weight excluding hydrogens is 298 g/mol. The van der Waals surface area contributed by atoms with Crippen molar-refractivity contribution in [1.29, 1.82) is 0 Å². The van der Waals surface area contributed by atoms with E-state index in [1.54, 1.807) is 11.3 Å². The minimum Gasteiger partial charge on any atom is -0.444 e. The Morgan fingerprint density at radius 3 is 2.73 bits per heavy atom. The first-order valence-electron chi connectivity index (χ1n) is 7.86. The lowest BCUT2D eigenvalue weighted by Crippen LogP contribution is -2.40. The number of rotatable bonds is 3. The van der Waals surface area contributed by atoms with Gasteiger partial charge >= 0.3 is 6.09 Å². The third-order valence-electron chi connectivity index (χ3n) is 3.72. The summed E-state index contributed by atoms with van der Waals surface area (Å²) in [6.07, 6.45) is 0.732. The monoisotopic (exact) mass is 325 g/mol. The largest absolute Gasteiger partial charge is 0.444 e. The third-order valence-corrected chi connectivity index (χ3v) is 4.69. The Morgan fingerprint density at radius 1 is 1.36 bits per heavy atom. The van der Waals surface area contributed by atoms with Gasteiger partial charge in [0.25, 0.3) is 0 Å². The molecule has 1 aromatic heterocycles. The smallest absolute Gasteiger partial charge is 0.410 e. The van der Waals surface area contributed by atoms with E-state index in [1.165, 1.54) is 4.88 Å². The van der Waals surface area contributed by atoms with E-state index >= 15 is 0 Å². The maximum Gasteiger partial charge on any atom is 0.410 e. The van der Waals surface area contributed by atoms with E-state index < -0.39 is 5.60 Å². The number of hydrogen-bond acceptors (Lipinski definition) is 5. The number of thiophene rings is 1. The summed E-state index contributed by atoms with van der Waals surface area (Å²) in [7, 11) is 0. The van der Waals surface area contributed by atoms with Gasteiger partial charge in [-0.25, -0.2) is 4.79 Å². The number of nitrogens with zero attached hydrogens (tertiary/aromatic N) is 2. The standard InChI is InChI=1S/C16H27N3O2S/c1-16(2,3)21-15(20)19-8-5-7-18(9-10-19)13(12-17)14-6-4-11-22-14/h4,6,11,13H,5,7-10,12,17H2,1-3H3. The molecule has 2 N–H and O–H groups in total. The predicted molar refractivity (Wildman–Crippen MR) is 90.1 cm³/mol. The molecule has 22 heavy (non-hydrogen) atoms. The van der Waals surface area contributed by atoms with Crippen molar-refractivity contribution in [2.24, 2.45) is 5.73 Å². The molecule has 1 saturated heterocycles. The predicted octanol–water partition coefficient (Wildman–Crippen LogP) is 2.69. The molecular formula is C16H27N3O2S. The molecule has 0 bridgehead atoms. The molecule has 5 nitrogen and oxygen atoms in total. The van der Waals surface area contributed by atoms with E-state index in [-0.39, 0.29) is 12.1 Å². The third kappa shape index (κ3) is 4.69. The molecule has 2 heterocycles. The molecule has 1 aliphatic heterocycles. The topological polar surface area (TPSA) is 58.8 Å². The first-order chi connectivity index (χ1) is 10.4. The molecule has 1 aromatic rings. The van der Waals surface area contributed by atoms with Gasteiger partial charge in [0.2, 0.25) is 0 Å². The van der Waals surface area contributed by atoms with E-state index in [9.17, 15) is 4.79 Å². The van der Waals surface area contributed by atoms with Crippen molar-refractivity contribution in [1.82, 2.24) is 9.80 Å². The number of amides is 1. The van der Waals surface area contributed by atoms with Crippen molar-refractivity contribution in [2.75, 3.05) is 32.7 Å². The van der Waals surface area contributed by atoms with E-state index in [4.69, 9.17) is 10.5 Å². The second-order valence-electron chi connectivity index (χ2n) is 6.62. The molecule has 6 heteroatoms. The normalized spacial score (nSPS) is 18.8. The highest BCUT2D eigenvalue weighted by atomic mass is 32.1. The van der Waals surface area contributed by atoms with Crippen LogP contribution < -0.4 is 5.73 Å². The van der Waals surface area contributed by atoms with Crippen LogP contribution in [-0.2, 0) is 4.74 Å². The lowest BCUT2D eigenvalue weighted by molar-refractivity contribution is 0.0255. The Morgan fingerprint density at radius 2 is 2.14 bits per heavy atom. The van der Waals surface area contributed by atoms with Crippen LogP contribution in [0.3, 0.4) is 0 Å². The van der Waals surface area contributed by atoms with Crippen molar-refractivity contribution in [2.45, 2.75) is 38.8 Å². The molecule has 2 rings (SSSR count). The minimum absolute atomic E-state index is 0.213. The van der Waals surface area contributed by atoms with Crippen LogP contribution in [-0.4, -0.2) is 54.2 Å². The van der Waals surface area contributed by atoms with Gasteiger partial charge < -0.3 is 15.4 Å². The summed E-state index contributed by atoms with van der Waals surface area (Å²) in [5.74, 6) is 0. The summed E-state index contributed by atoms with van der Waals surface area (Å²) in [5, 5.41) is 2.09. The van der Waals surface area contributed by atoms with Crippen molar-refractivity contribution in [3.05, 3.63) is 22.4 Å². The zero-order valence-electron chi connectivity index (χ0n) is 13.7. The van der Waals surface area contributed by atoms with E-state index in [2.05, 4.69) is 22.4 Å². The fourth-order valence-corrected chi connectivity index (χ4v) is 3.56. The molecule has 1 atom stereocenters. The van der Waals surface area contributed by atoms with Gasteiger partial charge in [0.05, 0.1) is 6.04 Å². The zero-order chi connectivity index (χ0) is 16.2. The van der Waals surface area contributed by atoms with Crippen LogP contribution in [0.4, 0.5) is 4.79 Å². The van der Waals surface area contributed by atoms with Crippen LogP contribution >= 0.6 is 11.3 Å². The zero-order valence-corrected chi connectivity index (χ0v) is 14.6. The molecule has 0 radical (unpaired) electrons. The van der Waals surface area contributed by atoms with Gasteiger partial charge in [-0.1, -0.05) is 6.07 Å². The quantitative estimate of drug-likeness (QED) is 0.928. The van der Waals surface area contributed by atoms with E-state index in [0.717, 1.165) is 26.1 Å².